The molecular formula is C12H16F2N2O. The van der Waals surface area contributed by atoms with E-state index >= 15 is 0 Å². The maximum Gasteiger partial charge on any atom is 0.183 e. The van der Waals surface area contributed by atoms with E-state index in [4.69, 9.17) is 10.5 Å². The SMILES string of the molecule is CC1(Nc2c(N)ccc(F)c2F)CCCOC1. The molecule has 1 unspecified atom stereocenters. The van der Waals surface area contributed by atoms with Crippen LogP contribution in [0.1, 0.15) is 19.8 Å². The van der Waals surface area contributed by atoms with Crippen LogP contribution < -0.4 is 11.1 Å². The number of rotatable bonds is 2. The van der Waals surface area contributed by atoms with Crippen LogP contribution in [0.3, 0.4) is 0 Å². The monoisotopic (exact) mass is 242 g/mol. The minimum atomic E-state index is -0.934. The molecule has 17 heavy (non-hydrogen) atoms. The number of nitrogen functional groups attached to an aromatic ring is 1. The third-order valence-corrected chi connectivity index (χ3v) is 2.99. The van der Waals surface area contributed by atoms with E-state index in [2.05, 4.69) is 5.32 Å². The van der Waals surface area contributed by atoms with E-state index in [0.717, 1.165) is 18.9 Å². The van der Waals surface area contributed by atoms with Gasteiger partial charge in [-0.25, -0.2) is 8.78 Å². The van der Waals surface area contributed by atoms with Gasteiger partial charge in [-0.2, -0.15) is 0 Å². The molecule has 1 aliphatic heterocycles. The number of ether oxygens (including phenoxy) is 1. The van der Waals surface area contributed by atoms with Crippen LogP contribution in [0.2, 0.25) is 0 Å². The maximum absolute atomic E-state index is 13.6. The standard InChI is InChI=1S/C12H16F2N2O/c1-12(5-2-6-17-7-12)16-11-9(15)4-3-8(13)10(11)14/h3-4,16H,2,5-7,15H2,1H3. The van der Waals surface area contributed by atoms with E-state index < -0.39 is 17.2 Å². The van der Waals surface area contributed by atoms with Gasteiger partial charge in [-0.15, -0.1) is 0 Å². The van der Waals surface area contributed by atoms with Gasteiger partial charge in [0.1, 0.15) is 0 Å². The molecule has 5 heteroatoms. The Morgan fingerprint density at radius 3 is 2.82 bits per heavy atom. The van der Waals surface area contributed by atoms with Crippen LogP contribution in [-0.2, 0) is 4.74 Å². The van der Waals surface area contributed by atoms with Gasteiger partial charge in [0.25, 0.3) is 0 Å². The third-order valence-electron chi connectivity index (χ3n) is 2.99. The second kappa shape index (κ2) is 4.49. The highest BCUT2D eigenvalue weighted by atomic mass is 19.2. The molecule has 1 atom stereocenters. The molecule has 3 nitrogen and oxygen atoms in total. The lowest BCUT2D eigenvalue weighted by atomic mass is 9.94. The first-order valence-electron chi connectivity index (χ1n) is 5.61. The van der Waals surface area contributed by atoms with E-state index in [1.165, 1.54) is 6.07 Å². The molecule has 94 valence electrons. The van der Waals surface area contributed by atoms with Gasteiger partial charge < -0.3 is 15.8 Å². The summed E-state index contributed by atoms with van der Waals surface area (Å²) in [5, 5.41) is 2.97. The third kappa shape index (κ3) is 2.49. The Balaban J connectivity index is 2.26. The van der Waals surface area contributed by atoms with Crippen LogP contribution in [0, 0.1) is 11.6 Å². The lowest BCUT2D eigenvalue weighted by Crippen LogP contribution is -2.43. The van der Waals surface area contributed by atoms with E-state index in [1.807, 2.05) is 6.92 Å². The number of anilines is 2. The molecule has 1 aliphatic rings. The number of nitrogens with two attached hydrogens (primary N) is 1. The molecule has 0 radical (unpaired) electrons. The van der Waals surface area contributed by atoms with Crippen molar-refractivity contribution in [3.8, 4) is 0 Å². The lowest BCUT2D eigenvalue weighted by molar-refractivity contribution is 0.0539. The molecule has 0 aromatic heterocycles. The Morgan fingerprint density at radius 1 is 1.41 bits per heavy atom. The van der Waals surface area contributed by atoms with Crippen molar-refractivity contribution in [2.75, 3.05) is 24.3 Å². The van der Waals surface area contributed by atoms with E-state index in [0.29, 0.717) is 13.2 Å². The van der Waals surface area contributed by atoms with Gasteiger partial charge in [-0.3, -0.25) is 0 Å². The molecular weight excluding hydrogens is 226 g/mol. The zero-order valence-electron chi connectivity index (χ0n) is 9.72. The van der Waals surface area contributed by atoms with Gasteiger partial charge in [-0.1, -0.05) is 0 Å². The number of nitrogens with one attached hydrogen (secondary N) is 1. The second-order valence-corrected chi connectivity index (χ2v) is 4.67. The summed E-state index contributed by atoms with van der Waals surface area (Å²) in [5.41, 5.74) is 5.48. The summed E-state index contributed by atoms with van der Waals surface area (Å²) in [7, 11) is 0. The van der Waals surface area contributed by atoms with Gasteiger partial charge in [0.15, 0.2) is 11.6 Å². The van der Waals surface area contributed by atoms with Crippen molar-refractivity contribution >= 4 is 11.4 Å². The minimum absolute atomic E-state index is 0.0259. The Labute approximate surface area is 98.9 Å². The smallest absolute Gasteiger partial charge is 0.183 e. The lowest BCUT2D eigenvalue weighted by Gasteiger charge is -2.35. The Bertz CT molecular complexity index is 417. The molecule has 1 aromatic carbocycles. The first-order valence-corrected chi connectivity index (χ1v) is 5.61. The van der Waals surface area contributed by atoms with Gasteiger partial charge in [-0.05, 0) is 31.9 Å². The van der Waals surface area contributed by atoms with Crippen LogP contribution >= 0.6 is 0 Å². The first kappa shape index (κ1) is 12.1. The molecule has 1 saturated heterocycles. The molecule has 1 fully saturated rings. The van der Waals surface area contributed by atoms with Crippen molar-refractivity contribution in [2.24, 2.45) is 0 Å². The molecule has 0 aliphatic carbocycles. The Hall–Kier alpha value is -1.36. The van der Waals surface area contributed by atoms with Gasteiger partial charge in [0.2, 0.25) is 0 Å². The van der Waals surface area contributed by atoms with Crippen molar-refractivity contribution < 1.29 is 13.5 Å². The number of hydrogen-bond acceptors (Lipinski definition) is 3. The van der Waals surface area contributed by atoms with Crippen molar-refractivity contribution in [3.05, 3.63) is 23.8 Å². The zero-order valence-corrected chi connectivity index (χ0v) is 9.72. The average Bonchev–Trinajstić information content (AvgIpc) is 2.31. The largest absolute Gasteiger partial charge is 0.397 e. The van der Waals surface area contributed by atoms with Crippen LogP contribution in [0.4, 0.5) is 20.2 Å². The van der Waals surface area contributed by atoms with Gasteiger partial charge >= 0.3 is 0 Å². The minimum Gasteiger partial charge on any atom is -0.397 e. The van der Waals surface area contributed by atoms with Crippen LogP contribution in [-0.4, -0.2) is 18.8 Å². The second-order valence-electron chi connectivity index (χ2n) is 4.67. The summed E-state index contributed by atoms with van der Waals surface area (Å²) in [6.07, 6.45) is 1.72. The summed E-state index contributed by atoms with van der Waals surface area (Å²) in [6.45, 7) is 3.08. The quantitative estimate of drug-likeness (QED) is 0.783. The fourth-order valence-corrected chi connectivity index (χ4v) is 2.03. The molecule has 2 rings (SSSR count). The molecule has 3 N–H and O–H groups in total. The predicted octanol–water partition coefficient (Wildman–Crippen LogP) is 2.53. The van der Waals surface area contributed by atoms with Crippen LogP contribution in [0.25, 0.3) is 0 Å². The fourth-order valence-electron chi connectivity index (χ4n) is 2.03. The Morgan fingerprint density at radius 2 is 2.18 bits per heavy atom. The highest BCUT2D eigenvalue weighted by Crippen LogP contribution is 2.30. The van der Waals surface area contributed by atoms with E-state index in [1.54, 1.807) is 0 Å². The maximum atomic E-state index is 13.6. The van der Waals surface area contributed by atoms with Gasteiger partial charge in [0, 0.05) is 6.61 Å². The van der Waals surface area contributed by atoms with E-state index in [9.17, 15) is 8.78 Å². The first-order chi connectivity index (χ1) is 8.02. The molecule has 1 aromatic rings. The van der Waals surface area contributed by atoms with Crippen molar-refractivity contribution in [1.82, 2.24) is 0 Å². The fraction of sp³-hybridized carbons (Fsp3) is 0.500. The molecule has 0 saturated carbocycles. The average molecular weight is 242 g/mol. The highest BCUT2D eigenvalue weighted by Gasteiger charge is 2.29. The molecule has 0 bridgehead atoms. The van der Waals surface area contributed by atoms with Crippen LogP contribution in [0.15, 0.2) is 12.1 Å². The predicted molar refractivity (Wildman–Crippen MR) is 62.9 cm³/mol. The topological polar surface area (TPSA) is 47.3 Å². The number of benzene rings is 1. The normalized spacial score (nSPS) is 24.6. The molecule has 1 heterocycles. The van der Waals surface area contributed by atoms with E-state index in [-0.39, 0.29) is 11.4 Å². The summed E-state index contributed by atoms with van der Waals surface area (Å²) in [5.74, 6) is -1.83. The molecule has 0 amide bonds. The van der Waals surface area contributed by atoms with Gasteiger partial charge in [0.05, 0.1) is 23.5 Å². The Kier molecular flexibility index (Phi) is 3.19. The number of halogens is 2. The summed E-state index contributed by atoms with van der Waals surface area (Å²) in [6, 6.07) is 2.38. The van der Waals surface area contributed by atoms with Crippen molar-refractivity contribution in [2.45, 2.75) is 25.3 Å². The highest BCUT2D eigenvalue weighted by molar-refractivity contribution is 5.67. The zero-order chi connectivity index (χ0) is 12.5. The number of hydrogen-bond donors (Lipinski definition) is 2. The van der Waals surface area contributed by atoms with Crippen molar-refractivity contribution in [1.29, 1.82) is 0 Å². The van der Waals surface area contributed by atoms with Crippen LogP contribution in [0.5, 0.6) is 0 Å². The molecule has 0 spiro atoms. The summed E-state index contributed by atoms with van der Waals surface area (Å²) < 4.78 is 32.1. The summed E-state index contributed by atoms with van der Waals surface area (Å²) in [4.78, 5) is 0. The van der Waals surface area contributed by atoms with Crippen molar-refractivity contribution in [3.63, 3.8) is 0 Å². The summed E-state index contributed by atoms with van der Waals surface area (Å²) >= 11 is 0.